The van der Waals surface area contributed by atoms with Crippen molar-refractivity contribution in [2.24, 2.45) is 29.6 Å². The van der Waals surface area contributed by atoms with Crippen LogP contribution in [0.3, 0.4) is 0 Å². The normalized spacial score (nSPS) is 32.8. The summed E-state index contributed by atoms with van der Waals surface area (Å²) >= 11 is 0. The molecule has 0 spiro atoms. The number of methoxy groups -OCH3 is 3. The van der Waals surface area contributed by atoms with E-state index in [1.807, 2.05) is 0 Å². The second-order valence-corrected chi connectivity index (χ2v) is 18.8. The Bertz CT molecular complexity index is 2320. The first kappa shape index (κ1) is 63.1. The predicted molar refractivity (Wildman–Crippen MR) is 254 cm³/mol. The van der Waals surface area contributed by atoms with E-state index in [-0.39, 0.29) is 24.0 Å². The molecular weight excluding hydrogens is 1060 g/mol. The number of hydrogen-bond donors (Lipinski definition) is 0. The summed E-state index contributed by atoms with van der Waals surface area (Å²) in [6.07, 6.45) is -17.0. The third-order valence-electron chi connectivity index (χ3n) is 13.3. The summed E-state index contributed by atoms with van der Waals surface area (Å²) in [4.78, 5) is 127. The summed E-state index contributed by atoms with van der Waals surface area (Å²) in [5.41, 5.74) is -0.0490. The van der Waals surface area contributed by atoms with Gasteiger partial charge in [-0.05, 0) is 6.42 Å². The van der Waals surface area contributed by atoms with Crippen LogP contribution in [-0.4, -0.2) is 181 Å². The Balaban J connectivity index is 1.49. The number of carbonyl (C=O) groups excluding carboxylic acids is 10. The molecule has 0 amide bonds. The molecule has 0 bridgehead atoms. The molecule has 1 saturated carbocycles. The van der Waals surface area contributed by atoms with E-state index in [0.717, 1.165) is 75.0 Å². The molecule has 4 heterocycles. The molecule has 0 aromatic heterocycles. The van der Waals surface area contributed by atoms with Gasteiger partial charge in [0.25, 0.3) is 0 Å². The highest BCUT2D eigenvalue weighted by Gasteiger charge is 2.59. The molecule has 0 aromatic carbocycles. The van der Waals surface area contributed by atoms with Crippen LogP contribution in [0.15, 0.2) is 36.3 Å². The zero-order valence-corrected chi connectivity index (χ0v) is 45.7. The molecule has 5 rings (SSSR count). The van der Waals surface area contributed by atoms with Crippen LogP contribution in [0.25, 0.3) is 0 Å². The van der Waals surface area contributed by atoms with Crippen molar-refractivity contribution in [3.8, 4) is 0 Å². The fraction of sp³-hybridized carbons (Fsp3) is 0.686. The second-order valence-electron chi connectivity index (χ2n) is 18.8. The summed E-state index contributed by atoms with van der Waals surface area (Å²) in [6.45, 7) is 13.1. The fourth-order valence-corrected chi connectivity index (χ4v) is 10.1. The number of rotatable bonds is 22. The molecule has 0 radical (unpaired) electrons. The number of ether oxygens (including phenoxy) is 18. The molecule has 2 saturated heterocycles. The smallest absolute Gasteiger partial charge is 0.337 e. The first-order valence-electron chi connectivity index (χ1n) is 24.9. The van der Waals surface area contributed by atoms with Crippen LogP contribution in [0, 0.1) is 29.6 Å². The first-order chi connectivity index (χ1) is 37.3. The van der Waals surface area contributed by atoms with E-state index in [1.54, 1.807) is 6.92 Å². The van der Waals surface area contributed by atoms with Gasteiger partial charge in [0.15, 0.2) is 42.9 Å². The Morgan fingerprint density at radius 3 is 1.38 bits per heavy atom. The van der Waals surface area contributed by atoms with Crippen LogP contribution in [0.2, 0.25) is 0 Å². The van der Waals surface area contributed by atoms with Gasteiger partial charge in [0.2, 0.25) is 25.2 Å². The number of fused-ring (bicyclic) bond motifs is 1. The van der Waals surface area contributed by atoms with Crippen LogP contribution in [0.4, 0.5) is 0 Å². The lowest BCUT2D eigenvalue weighted by atomic mass is 9.81. The summed E-state index contributed by atoms with van der Waals surface area (Å²) in [5, 5.41) is 0. The molecule has 28 nitrogen and oxygen atoms in total. The van der Waals surface area contributed by atoms with Gasteiger partial charge >= 0.3 is 59.7 Å². The molecule has 18 atom stereocenters. The largest absolute Gasteiger partial charge is 0.472 e. The molecule has 4 aliphatic heterocycles. The van der Waals surface area contributed by atoms with Gasteiger partial charge in [0, 0.05) is 106 Å². The quantitative estimate of drug-likeness (QED) is 0.0641. The van der Waals surface area contributed by atoms with E-state index < -0.39 is 189 Å². The zero-order valence-electron chi connectivity index (χ0n) is 45.7. The Morgan fingerprint density at radius 1 is 0.544 bits per heavy atom. The summed E-state index contributed by atoms with van der Waals surface area (Å²) in [6, 6.07) is 0. The maximum Gasteiger partial charge on any atom is 0.337 e. The maximum atomic E-state index is 14.7. The molecule has 1 aliphatic carbocycles. The minimum atomic E-state index is -1.71. The predicted octanol–water partition coefficient (Wildman–Crippen LogP) is 1.45. The topological polar surface area (TPSA) is 337 Å². The Morgan fingerprint density at radius 2 is 0.962 bits per heavy atom. The van der Waals surface area contributed by atoms with Gasteiger partial charge in [-0.15, -0.1) is 6.58 Å². The van der Waals surface area contributed by atoms with Crippen LogP contribution in [0.1, 0.15) is 75.2 Å². The third-order valence-corrected chi connectivity index (χ3v) is 13.3. The average molecular weight is 1130 g/mol. The minimum Gasteiger partial charge on any atom is -0.472 e. The van der Waals surface area contributed by atoms with Crippen molar-refractivity contribution in [1.82, 2.24) is 0 Å². The van der Waals surface area contributed by atoms with Crippen molar-refractivity contribution in [3.05, 3.63) is 36.3 Å². The molecular formula is C51H68O28. The Kier molecular flexibility index (Phi) is 22.7. The lowest BCUT2D eigenvalue weighted by Crippen LogP contribution is -2.63. The highest BCUT2D eigenvalue weighted by Crippen LogP contribution is 2.50. The van der Waals surface area contributed by atoms with E-state index in [4.69, 9.17) is 85.3 Å². The number of carbonyl (C=O) groups is 10. The van der Waals surface area contributed by atoms with Gasteiger partial charge in [-0.3, -0.25) is 38.4 Å². The molecule has 3 fully saturated rings. The van der Waals surface area contributed by atoms with Crippen LogP contribution < -0.4 is 0 Å². The molecule has 440 valence electrons. The summed E-state index contributed by atoms with van der Waals surface area (Å²) < 4.78 is 103. The standard InChI is InChI=1S/C51H68O28/c1-14-30-31(16-38(62-11)63-12)33(17-67-48(30)78-50-44(73-28(9)58)42(71-26(7)56)40(69-24(5)54)36(76-50)19-65-22(3)52)47(61)75-35-15-32-34(46(60)64-13)18-68-49(39(32)21(35)2)79-51-45(74-29(10)59)43(72-27(8)57)41(70-25(6)55)37(77-51)20-66-23(4)53/h14,17-18,21,30-32,35-45,48-51H,1,15-16,19-20H2,2-13H3. The van der Waals surface area contributed by atoms with E-state index in [2.05, 4.69) is 6.58 Å². The van der Waals surface area contributed by atoms with Crippen molar-refractivity contribution in [1.29, 1.82) is 0 Å². The molecule has 0 aromatic rings. The number of hydrogen-bond acceptors (Lipinski definition) is 28. The van der Waals surface area contributed by atoms with E-state index >= 15 is 0 Å². The lowest BCUT2D eigenvalue weighted by Gasteiger charge is -2.46. The van der Waals surface area contributed by atoms with Crippen molar-refractivity contribution in [2.45, 2.75) is 162 Å². The van der Waals surface area contributed by atoms with Gasteiger partial charge in [0.05, 0.1) is 30.8 Å². The fourth-order valence-electron chi connectivity index (χ4n) is 10.1. The summed E-state index contributed by atoms with van der Waals surface area (Å²) in [5.74, 6) is -12.9. The van der Waals surface area contributed by atoms with Gasteiger partial charge in [-0.1, -0.05) is 13.0 Å². The van der Waals surface area contributed by atoms with Crippen LogP contribution >= 0.6 is 0 Å². The van der Waals surface area contributed by atoms with Crippen LogP contribution in [-0.2, 0) is 133 Å². The third kappa shape index (κ3) is 16.2. The second kappa shape index (κ2) is 28.4. The van der Waals surface area contributed by atoms with E-state index in [0.29, 0.717) is 0 Å². The van der Waals surface area contributed by atoms with Crippen molar-refractivity contribution < 1.29 is 133 Å². The Labute approximate surface area is 454 Å². The van der Waals surface area contributed by atoms with Crippen molar-refractivity contribution in [2.75, 3.05) is 34.5 Å². The van der Waals surface area contributed by atoms with Gasteiger partial charge < -0.3 is 85.3 Å². The van der Waals surface area contributed by atoms with Crippen molar-refractivity contribution >= 4 is 59.7 Å². The lowest BCUT2D eigenvalue weighted by molar-refractivity contribution is -0.345. The van der Waals surface area contributed by atoms with Crippen LogP contribution in [0.5, 0.6) is 0 Å². The highest BCUT2D eigenvalue weighted by molar-refractivity contribution is 5.90. The van der Waals surface area contributed by atoms with Gasteiger partial charge in [0.1, 0.15) is 31.5 Å². The highest BCUT2D eigenvalue weighted by atomic mass is 16.8. The first-order valence-corrected chi connectivity index (χ1v) is 24.9. The van der Waals surface area contributed by atoms with Gasteiger partial charge in [-0.2, -0.15) is 0 Å². The maximum absolute atomic E-state index is 14.7. The van der Waals surface area contributed by atoms with Crippen molar-refractivity contribution in [3.63, 3.8) is 0 Å². The summed E-state index contributed by atoms with van der Waals surface area (Å²) in [7, 11) is 3.88. The molecule has 28 heteroatoms. The molecule has 18 unspecified atom stereocenters. The SMILES string of the molecule is C=CC1C(OC2OC(COC(C)=O)C(OC(C)=O)C(OC(C)=O)C2OC(C)=O)OC=C(C(=O)OC2CC3C(C(=O)OC)=COC(OC4OC(COC(C)=O)C(OC(C)=O)C(OC(C)=O)C4OC(C)=O)C3C2C)C1CC(OC)OC. The average Bonchev–Trinajstić information content (AvgIpc) is 3.82. The minimum absolute atomic E-state index is 0.0304. The number of esters is 10. The molecule has 5 aliphatic rings. The molecule has 79 heavy (non-hydrogen) atoms. The van der Waals surface area contributed by atoms with E-state index in [9.17, 15) is 47.9 Å². The van der Waals surface area contributed by atoms with E-state index in [1.165, 1.54) is 20.3 Å². The monoisotopic (exact) mass is 1130 g/mol. The zero-order chi connectivity index (χ0) is 58.6. The molecule has 0 N–H and O–H groups in total. The van der Waals surface area contributed by atoms with Gasteiger partial charge in [-0.25, -0.2) is 9.59 Å². The Hall–Kier alpha value is -6.72.